The van der Waals surface area contributed by atoms with E-state index in [0.717, 1.165) is 18.6 Å². The average Bonchev–Trinajstić information content (AvgIpc) is 3.06. The largest absolute Gasteiger partial charge is 0.454 e. The number of nitrogens with zero attached hydrogens (tertiary/aromatic N) is 2. The molecule has 3 rings (SSSR count). The molecule has 0 radical (unpaired) electrons. The number of hydrogen-bond donors (Lipinski definition) is 2. The zero-order valence-electron chi connectivity index (χ0n) is 10.6. The molecule has 0 spiro atoms. The summed E-state index contributed by atoms with van der Waals surface area (Å²) in [7, 11) is 0. The Morgan fingerprint density at radius 1 is 1.42 bits per heavy atom. The molecule has 6 heteroatoms. The molecule has 6 nitrogen and oxygen atoms in total. The Hall–Kier alpha value is -2.08. The smallest absolute Gasteiger partial charge is 0.300 e. The van der Waals surface area contributed by atoms with E-state index in [0.29, 0.717) is 6.54 Å². The van der Waals surface area contributed by atoms with Crippen molar-refractivity contribution in [1.82, 2.24) is 15.0 Å². The molecule has 3 N–H and O–H groups in total. The lowest BCUT2D eigenvalue weighted by molar-refractivity contribution is 0.0924. The molecule has 1 amide bonds. The van der Waals surface area contributed by atoms with Gasteiger partial charge in [-0.05, 0) is 37.8 Å². The highest BCUT2D eigenvalue weighted by molar-refractivity contribution is 5.90. The quantitative estimate of drug-likeness (QED) is 0.490. The van der Waals surface area contributed by atoms with Crippen LogP contribution in [-0.4, -0.2) is 15.5 Å². The van der Waals surface area contributed by atoms with Crippen molar-refractivity contribution in [3.63, 3.8) is 0 Å². The number of aromatic nitrogens is 2. The number of aryl methyl sites for hydroxylation is 1. The molecule has 0 atom stereocenters. The monoisotopic (exact) mass is 260 g/mol. The normalized spacial score (nSPS) is 14.2. The molecule has 2 aromatic heterocycles. The van der Waals surface area contributed by atoms with Crippen LogP contribution >= 0.6 is 0 Å². The van der Waals surface area contributed by atoms with Gasteiger partial charge in [-0.3, -0.25) is 10.2 Å². The number of nitrogens with one attached hydrogen (secondary N) is 1. The number of amides is 1. The molecular weight excluding hydrogens is 244 g/mol. The number of fused-ring (bicyclic) bond motifs is 1. The first-order valence-corrected chi connectivity index (χ1v) is 6.40. The summed E-state index contributed by atoms with van der Waals surface area (Å²) in [5.74, 6) is 5.60. The van der Waals surface area contributed by atoms with E-state index in [-0.39, 0.29) is 5.76 Å². The maximum absolute atomic E-state index is 11.3. The molecule has 1 aliphatic rings. The van der Waals surface area contributed by atoms with E-state index in [2.05, 4.69) is 15.0 Å². The van der Waals surface area contributed by atoms with E-state index in [1.807, 2.05) is 6.33 Å². The number of nitrogens with two attached hydrogens (primary N) is 1. The number of hydrazine groups is 1. The molecule has 0 bridgehead atoms. The van der Waals surface area contributed by atoms with Gasteiger partial charge in [0, 0.05) is 5.69 Å². The summed E-state index contributed by atoms with van der Waals surface area (Å²) in [5, 5.41) is 0. The fourth-order valence-corrected chi connectivity index (χ4v) is 2.49. The zero-order chi connectivity index (χ0) is 13.2. The third-order valence-electron chi connectivity index (χ3n) is 3.45. The molecule has 0 aromatic carbocycles. The Kier molecular flexibility index (Phi) is 3.08. The van der Waals surface area contributed by atoms with Gasteiger partial charge in [-0.2, -0.15) is 0 Å². The van der Waals surface area contributed by atoms with Gasteiger partial charge in [0.15, 0.2) is 5.76 Å². The lowest BCUT2D eigenvalue weighted by atomic mass is 10.0. The molecule has 2 aromatic rings. The average molecular weight is 260 g/mol. The Morgan fingerprint density at radius 3 is 3.11 bits per heavy atom. The predicted octanol–water partition coefficient (Wildman–Crippen LogP) is 1.01. The number of nitrogen functional groups attached to an aromatic ring is 1. The summed E-state index contributed by atoms with van der Waals surface area (Å²) in [5.41, 5.74) is 4.53. The predicted molar refractivity (Wildman–Crippen MR) is 68.3 cm³/mol. The first-order valence-electron chi connectivity index (χ1n) is 6.40. The van der Waals surface area contributed by atoms with E-state index >= 15 is 0 Å². The van der Waals surface area contributed by atoms with E-state index in [4.69, 9.17) is 10.3 Å². The van der Waals surface area contributed by atoms with Crippen LogP contribution in [-0.2, 0) is 19.4 Å². The van der Waals surface area contributed by atoms with Gasteiger partial charge in [0.1, 0.15) is 5.76 Å². The summed E-state index contributed by atoms with van der Waals surface area (Å²) >= 11 is 0. The molecule has 0 fully saturated rings. The minimum absolute atomic E-state index is 0.228. The number of hydrogen-bond acceptors (Lipinski definition) is 4. The van der Waals surface area contributed by atoms with Crippen LogP contribution in [0.1, 0.15) is 40.5 Å². The van der Waals surface area contributed by atoms with Crippen LogP contribution in [0, 0.1) is 0 Å². The van der Waals surface area contributed by atoms with Crippen molar-refractivity contribution in [1.29, 1.82) is 0 Å². The van der Waals surface area contributed by atoms with Crippen molar-refractivity contribution in [2.45, 2.75) is 32.2 Å². The Labute approximate surface area is 110 Å². The lowest BCUT2D eigenvalue weighted by Gasteiger charge is -2.13. The summed E-state index contributed by atoms with van der Waals surface area (Å²) < 4.78 is 7.55. The molecule has 19 heavy (non-hydrogen) atoms. The fourth-order valence-electron chi connectivity index (χ4n) is 2.49. The van der Waals surface area contributed by atoms with Crippen LogP contribution in [0.4, 0.5) is 0 Å². The minimum atomic E-state index is -0.418. The first-order chi connectivity index (χ1) is 9.28. The van der Waals surface area contributed by atoms with Gasteiger partial charge < -0.3 is 8.98 Å². The molecule has 1 aliphatic carbocycles. The summed E-state index contributed by atoms with van der Waals surface area (Å²) in [6.45, 7) is 0.597. The van der Waals surface area contributed by atoms with Crippen molar-refractivity contribution in [3.05, 3.63) is 41.4 Å². The number of carbonyl (C=O) groups is 1. The Morgan fingerprint density at radius 2 is 2.26 bits per heavy atom. The molecular formula is C13H16N4O2. The van der Waals surface area contributed by atoms with Crippen molar-refractivity contribution < 1.29 is 9.21 Å². The second-order valence-corrected chi connectivity index (χ2v) is 4.71. The van der Waals surface area contributed by atoms with E-state index in [1.54, 1.807) is 12.1 Å². The molecule has 0 unspecified atom stereocenters. The number of imidazole rings is 1. The second kappa shape index (κ2) is 4.89. The van der Waals surface area contributed by atoms with E-state index in [1.165, 1.54) is 24.2 Å². The standard InChI is InChI=1S/C13H16N4O2/c14-16-13(18)12-6-5-9(19-12)7-17-8-15-10-3-1-2-4-11(10)17/h5-6,8H,1-4,7,14H2,(H,16,18). The lowest BCUT2D eigenvalue weighted by Crippen LogP contribution is -2.29. The zero-order valence-corrected chi connectivity index (χ0v) is 10.6. The summed E-state index contributed by atoms with van der Waals surface area (Å²) in [6, 6.07) is 3.42. The van der Waals surface area contributed by atoms with Crippen LogP contribution in [0.25, 0.3) is 0 Å². The highest BCUT2D eigenvalue weighted by Gasteiger charge is 2.16. The molecule has 2 heterocycles. The SMILES string of the molecule is NNC(=O)c1ccc(Cn2cnc3c2CCCC3)o1. The Balaban J connectivity index is 1.80. The maximum atomic E-state index is 11.3. The highest BCUT2D eigenvalue weighted by Crippen LogP contribution is 2.21. The molecule has 0 saturated carbocycles. The second-order valence-electron chi connectivity index (χ2n) is 4.71. The highest BCUT2D eigenvalue weighted by atomic mass is 16.4. The van der Waals surface area contributed by atoms with Gasteiger partial charge in [0.05, 0.1) is 18.6 Å². The van der Waals surface area contributed by atoms with Gasteiger partial charge in [0.2, 0.25) is 0 Å². The van der Waals surface area contributed by atoms with Crippen LogP contribution in [0.3, 0.4) is 0 Å². The fraction of sp³-hybridized carbons (Fsp3) is 0.385. The van der Waals surface area contributed by atoms with Gasteiger partial charge in [-0.25, -0.2) is 10.8 Å². The summed E-state index contributed by atoms with van der Waals surface area (Å²) in [6.07, 6.45) is 6.39. The third kappa shape index (κ3) is 2.26. The number of furan rings is 1. The van der Waals surface area contributed by atoms with Gasteiger partial charge in [-0.15, -0.1) is 0 Å². The van der Waals surface area contributed by atoms with E-state index < -0.39 is 5.91 Å². The van der Waals surface area contributed by atoms with Crippen LogP contribution < -0.4 is 11.3 Å². The Bertz CT molecular complexity index is 600. The van der Waals surface area contributed by atoms with Crippen molar-refractivity contribution in [3.8, 4) is 0 Å². The van der Waals surface area contributed by atoms with Crippen LogP contribution in [0.2, 0.25) is 0 Å². The van der Waals surface area contributed by atoms with Gasteiger partial charge >= 0.3 is 5.91 Å². The minimum Gasteiger partial charge on any atom is -0.454 e. The van der Waals surface area contributed by atoms with Crippen LogP contribution in [0.5, 0.6) is 0 Å². The van der Waals surface area contributed by atoms with Gasteiger partial charge in [-0.1, -0.05) is 0 Å². The third-order valence-corrected chi connectivity index (χ3v) is 3.45. The van der Waals surface area contributed by atoms with Crippen molar-refractivity contribution in [2.24, 2.45) is 5.84 Å². The van der Waals surface area contributed by atoms with Crippen molar-refractivity contribution >= 4 is 5.91 Å². The number of carbonyl (C=O) groups excluding carboxylic acids is 1. The van der Waals surface area contributed by atoms with Crippen molar-refractivity contribution in [2.75, 3.05) is 0 Å². The molecule has 100 valence electrons. The maximum Gasteiger partial charge on any atom is 0.300 e. The molecule has 0 saturated heterocycles. The number of rotatable bonds is 3. The van der Waals surface area contributed by atoms with E-state index in [9.17, 15) is 4.79 Å². The van der Waals surface area contributed by atoms with Gasteiger partial charge in [0.25, 0.3) is 0 Å². The first kappa shape index (κ1) is 12.0. The topological polar surface area (TPSA) is 86.1 Å². The van der Waals surface area contributed by atoms with Crippen LogP contribution in [0.15, 0.2) is 22.9 Å². The summed E-state index contributed by atoms with van der Waals surface area (Å²) in [4.78, 5) is 15.7. The molecule has 0 aliphatic heterocycles.